The molecule has 7 heteroatoms. The van der Waals surface area contributed by atoms with Crippen molar-refractivity contribution in [1.82, 2.24) is 14.9 Å². The van der Waals surface area contributed by atoms with Crippen LogP contribution in [0.4, 0.5) is 5.69 Å². The van der Waals surface area contributed by atoms with Gasteiger partial charge in [0.2, 0.25) is 11.8 Å². The zero-order chi connectivity index (χ0) is 16.2. The molecule has 0 unspecified atom stereocenters. The van der Waals surface area contributed by atoms with E-state index in [1.807, 2.05) is 22.9 Å². The number of halogens is 1. The van der Waals surface area contributed by atoms with Crippen molar-refractivity contribution in [3.63, 3.8) is 0 Å². The van der Waals surface area contributed by atoms with Crippen molar-refractivity contribution >= 4 is 29.1 Å². The summed E-state index contributed by atoms with van der Waals surface area (Å²) >= 11 is 6.13. The number of carbonyl (C=O) groups excluding carboxylic acids is 2. The first-order valence-corrected chi connectivity index (χ1v) is 7.81. The Bertz CT molecular complexity index is 702. The molecule has 1 atom stereocenters. The van der Waals surface area contributed by atoms with Crippen LogP contribution in [0.25, 0.3) is 0 Å². The Kier molecular flexibility index (Phi) is 4.62. The molecule has 2 amide bonds. The standard InChI is InChI=1S/C16H17ClN4O2/c17-13-3-1-2-4-14(13)21-10-12(9-15(21)22)16(23)19-6-8-20-7-5-18-11-20/h1-5,7,11-12H,6,8-10H2,(H,19,23)/t12-/m0/s1. The van der Waals surface area contributed by atoms with Gasteiger partial charge in [-0.15, -0.1) is 0 Å². The van der Waals surface area contributed by atoms with E-state index in [0.29, 0.717) is 30.3 Å². The van der Waals surface area contributed by atoms with Gasteiger partial charge in [-0.25, -0.2) is 4.98 Å². The number of benzene rings is 1. The van der Waals surface area contributed by atoms with Gasteiger partial charge in [0.1, 0.15) is 0 Å². The maximum Gasteiger partial charge on any atom is 0.227 e. The number of carbonyl (C=O) groups is 2. The van der Waals surface area contributed by atoms with Crippen LogP contribution in [-0.2, 0) is 16.1 Å². The number of nitrogens with one attached hydrogen (secondary N) is 1. The van der Waals surface area contributed by atoms with Crippen molar-refractivity contribution in [1.29, 1.82) is 0 Å². The number of aromatic nitrogens is 2. The minimum Gasteiger partial charge on any atom is -0.354 e. The third kappa shape index (κ3) is 3.53. The molecule has 0 bridgehead atoms. The number of amides is 2. The highest BCUT2D eigenvalue weighted by atomic mass is 35.5. The first kappa shape index (κ1) is 15.6. The van der Waals surface area contributed by atoms with Crippen LogP contribution in [0.5, 0.6) is 0 Å². The fourth-order valence-corrected chi connectivity index (χ4v) is 2.90. The van der Waals surface area contributed by atoms with Gasteiger partial charge in [0.15, 0.2) is 0 Å². The molecule has 3 rings (SSSR count). The Labute approximate surface area is 139 Å². The minimum absolute atomic E-state index is 0.0761. The van der Waals surface area contributed by atoms with Crippen molar-refractivity contribution < 1.29 is 9.59 Å². The normalized spacial score (nSPS) is 17.5. The monoisotopic (exact) mass is 332 g/mol. The Balaban J connectivity index is 1.56. The molecule has 0 aliphatic carbocycles. The molecule has 120 valence electrons. The number of para-hydroxylation sites is 1. The molecule has 2 heterocycles. The molecule has 1 aliphatic heterocycles. The summed E-state index contributed by atoms with van der Waals surface area (Å²) in [4.78, 5) is 29.9. The van der Waals surface area contributed by atoms with E-state index in [2.05, 4.69) is 10.3 Å². The quantitative estimate of drug-likeness (QED) is 0.906. The first-order chi connectivity index (χ1) is 11.1. The Morgan fingerprint density at radius 2 is 2.22 bits per heavy atom. The molecule has 0 spiro atoms. The zero-order valence-corrected chi connectivity index (χ0v) is 13.2. The third-order valence-corrected chi connectivity index (χ3v) is 4.19. The van der Waals surface area contributed by atoms with Gasteiger partial charge in [0.05, 0.1) is 23.0 Å². The maximum absolute atomic E-state index is 12.2. The molecule has 1 aliphatic rings. The first-order valence-electron chi connectivity index (χ1n) is 7.43. The minimum atomic E-state index is -0.346. The third-order valence-electron chi connectivity index (χ3n) is 3.87. The summed E-state index contributed by atoms with van der Waals surface area (Å²) in [5, 5.41) is 3.39. The number of hydrogen-bond acceptors (Lipinski definition) is 3. The summed E-state index contributed by atoms with van der Waals surface area (Å²) < 4.78 is 1.89. The van der Waals surface area contributed by atoms with E-state index in [1.54, 1.807) is 29.6 Å². The van der Waals surface area contributed by atoms with Gasteiger partial charge >= 0.3 is 0 Å². The van der Waals surface area contributed by atoms with Crippen LogP contribution in [-0.4, -0.2) is 34.5 Å². The van der Waals surface area contributed by atoms with Crippen molar-refractivity contribution in [3.8, 4) is 0 Å². The van der Waals surface area contributed by atoms with E-state index < -0.39 is 0 Å². The fourth-order valence-electron chi connectivity index (χ4n) is 2.66. The van der Waals surface area contributed by atoms with Crippen LogP contribution in [0.2, 0.25) is 5.02 Å². The predicted octanol–water partition coefficient (Wildman–Crippen LogP) is 1.71. The molecule has 6 nitrogen and oxygen atoms in total. The second-order valence-corrected chi connectivity index (χ2v) is 5.86. The van der Waals surface area contributed by atoms with Crippen LogP contribution in [0, 0.1) is 5.92 Å². The number of hydrogen-bond donors (Lipinski definition) is 1. The molecule has 1 aromatic carbocycles. The summed E-state index contributed by atoms with van der Waals surface area (Å²) in [6.45, 7) is 1.52. The molecule has 1 fully saturated rings. The molecule has 1 N–H and O–H groups in total. The summed E-state index contributed by atoms with van der Waals surface area (Å²) in [5.41, 5.74) is 0.660. The predicted molar refractivity (Wildman–Crippen MR) is 87.1 cm³/mol. The van der Waals surface area contributed by atoms with Crippen LogP contribution in [0.3, 0.4) is 0 Å². The van der Waals surface area contributed by atoms with Gasteiger partial charge < -0.3 is 14.8 Å². The second kappa shape index (κ2) is 6.83. The molecular formula is C16H17ClN4O2. The van der Waals surface area contributed by atoms with Gasteiger partial charge in [-0.2, -0.15) is 0 Å². The maximum atomic E-state index is 12.2. The van der Waals surface area contributed by atoms with Gasteiger partial charge in [-0.1, -0.05) is 23.7 Å². The molecule has 23 heavy (non-hydrogen) atoms. The highest BCUT2D eigenvalue weighted by Gasteiger charge is 2.35. The summed E-state index contributed by atoms with van der Waals surface area (Å²) in [5.74, 6) is -0.526. The second-order valence-electron chi connectivity index (χ2n) is 5.45. The number of imidazole rings is 1. The van der Waals surface area contributed by atoms with E-state index >= 15 is 0 Å². The van der Waals surface area contributed by atoms with Crippen LogP contribution in [0.15, 0.2) is 43.0 Å². The van der Waals surface area contributed by atoms with Gasteiger partial charge in [0.25, 0.3) is 0 Å². The lowest BCUT2D eigenvalue weighted by molar-refractivity contribution is -0.126. The zero-order valence-electron chi connectivity index (χ0n) is 12.5. The van der Waals surface area contributed by atoms with Crippen molar-refractivity contribution in [2.45, 2.75) is 13.0 Å². The SMILES string of the molecule is O=C(NCCn1ccnc1)[C@H]1CC(=O)N(c2ccccc2Cl)C1. The van der Waals surface area contributed by atoms with Crippen molar-refractivity contribution in [2.24, 2.45) is 5.92 Å². The highest BCUT2D eigenvalue weighted by Crippen LogP contribution is 2.30. The Morgan fingerprint density at radius 1 is 1.39 bits per heavy atom. The van der Waals surface area contributed by atoms with Crippen LogP contribution < -0.4 is 10.2 Å². The molecule has 1 saturated heterocycles. The van der Waals surface area contributed by atoms with Gasteiger partial charge in [-0.3, -0.25) is 9.59 Å². The molecule has 1 aromatic heterocycles. The smallest absolute Gasteiger partial charge is 0.227 e. The highest BCUT2D eigenvalue weighted by molar-refractivity contribution is 6.33. The van der Waals surface area contributed by atoms with Crippen molar-refractivity contribution in [2.75, 3.05) is 18.0 Å². The van der Waals surface area contributed by atoms with Crippen molar-refractivity contribution in [3.05, 3.63) is 48.0 Å². The van der Waals surface area contributed by atoms with E-state index in [-0.39, 0.29) is 24.2 Å². The average Bonchev–Trinajstić information content (AvgIpc) is 3.17. The van der Waals surface area contributed by atoms with E-state index in [4.69, 9.17) is 11.6 Å². The Hall–Kier alpha value is -2.34. The largest absolute Gasteiger partial charge is 0.354 e. The topological polar surface area (TPSA) is 67.2 Å². The summed E-state index contributed by atoms with van der Waals surface area (Å²) in [6, 6.07) is 7.17. The molecule has 2 aromatic rings. The van der Waals surface area contributed by atoms with Crippen LogP contribution >= 0.6 is 11.6 Å². The van der Waals surface area contributed by atoms with Gasteiger partial charge in [-0.05, 0) is 12.1 Å². The lowest BCUT2D eigenvalue weighted by atomic mass is 10.1. The number of anilines is 1. The molecule has 0 radical (unpaired) electrons. The fraction of sp³-hybridized carbons (Fsp3) is 0.312. The summed E-state index contributed by atoms with van der Waals surface area (Å²) in [7, 11) is 0. The molecule has 0 saturated carbocycles. The van der Waals surface area contributed by atoms with E-state index in [0.717, 1.165) is 0 Å². The van der Waals surface area contributed by atoms with E-state index in [1.165, 1.54) is 0 Å². The number of rotatable bonds is 5. The lowest BCUT2D eigenvalue weighted by Crippen LogP contribution is -2.34. The average molecular weight is 333 g/mol. The number of nitrogens with zero attached hydrogens (tertiary/aromatic N) is 3. The van der Waals surface area contributed by atoms with E-state index in [9.17, 15) is 9.59 Å². The lowest BCUT2D eigenvalue weighted by Gasteiger charge is -2.18. The molecular weight excluding hydrogens is 316 g/mol. The summed E-state index contributed by atoms with van der Waals surface area (Å²) in [6.07, 6.45) is 5.44. The Morgan fingerprint density at radius 3 is 2.96 bits per heavy atom. The van der Waals surface area contributed by atoms with Crippen LogP contribution in [0.1, 0.15) is 6.42 Å². The van der Waals surface area contributed by atoms with Gasteiger partial charge in [0, 0.05) is 38.4 Å².